The number of halogens is 1. The van der Waals surface area contributed by atoms with Crippen LogP contribution in [0.3, 0.4) is 0 Å². The summed E-state index contributed by atoms with van der Waals surface area (Å²) in [6.45, 7) is 0. The molecule has 0 radical (unpaired) electrons. The van der Waals surface area contributed by atoms with E-state index in [9.17, 15) is 0 Å². The summed E-state index contributed by atoms with van der Waals surface area (Å²) in [5.74, 6) is 0. The van der Waals surface area contributed by atoms with Crippen LogP contribution in [0.1, 0.15) is 0 Å². The van der Waals surface area contributed by atoms with Crippen molar-refractivity contribution in [2.75, 3.05) is 0 Å². The molecule has 0 fully saturated rings. The topological polar surface area (TPSA) is 9.86 Å². The van der Waals surface area contributed by atoms with E-state index in [1.165, 1.54) is 60.4 Å². The summed E-state index contributed by atoms with van der Waals surface area (Å²) < 4.78 is 5.82. The van der Waals surface area contributed by atoms with E-state index in [0.717, 1.165) is 10.2 Å². The lowest BCUT2D eigenvalue weighted by molar-refractivity contribution is 1.18. The van der Waals surface area contributed by atoms with Gasteiger partial charge in [0.25, 0.3) is 0 Å². The molecule has 39 heavy (non-hydrogen) atoms. The highest BCUT2D eigenvalue weighted by Crippen LogP contribution is 2.38. The zero-order valence-corrected chi connectivity index (χ0v) is 22.6. The Morgan fingerprint density at radius 1 is 0.359 bits per heavy atom. The third-order valence-electron chi connectivity index (χ3n) is 7.78. The lowest BCUT2D eigenvalue weighted by Crippen LogP contribution is -1.94. The molecule has 0 aliphatic heterocycles. The van der Waals surface area contributed by atoms with Crippen LogP contribution in [-0.4, -0.2) is 9.13 Å². The Labute approximate surface area is 234 Å². The Hall–Kier alpha value is -4.60. The molecule has 0 amide bonds. The van der Waals surface area contributed by atoms with Gasteiger partial charge in [0.15, 0.2) is 0 Å². The number of hydrogen-bond acceptors (Lipinski definition) is 0. The van der Waals surface area contributed by atoms with E-state index in [0.29, 0.717) is 0 Å². The molecule has 2 aromatic heterocycles. The quantitative estimate of drug-likeness (QED) is 0.202. The fourth-order valence-electron chi connectivity index (χ4n) is 6.03. The molecule has 184 valence electrons. The van der Waals surface area contributed by atoms with Crippen LogP contribution in [0.4, 0.5) is 0 Å². The summed E-state index contributed by atoms with van der Waals surface area (Å²) in [5, 5.41) is 5.06. The van der Waals surface area contributed by atoms with Gasteiger partial charge in [0.05, 0.1) is 22.1 Å². The normalized spacial score (nSPS) is 11.7. The standard InChI is InChI=1S/C36H23BrN2/c37-26-16-18-28(19-17-26)39-33-12-6-4-10-29(33)31-20-14-25(23-36(31)39)24-15-21-35-32(22-24)30-11-5-7-13-34(30)38(35)27-8-2-1-3-9-27/h1-23H. The first-order valence-corrected chi connectivity index (χ1v) is 13.9. The molecule has 2 heterocycles. The maximum atomic E-state index is 3.59. The smallest absolute Gasteiger partial charge is 0.0547 e. The van der Waals surface area contributed by atoms with Gasteiger partial charge >= 0.3 is 0 Å². The van der Waals surface area contributed by atoms with E-state index in [1.54, 1.807) is 0 Å². The van der Waals surface area contributed by atoms with Gasteiger partial charge in [0.1, 0.15) is 0 Å². The number of benzene rings is 6. The van der Waals surface area contributed by atoms with Gasteiger partial charge < -0.3 is 9.13 Å². The minimum Gasteiger partial charge on any atom is -0.309 e. The van der Waals surface area contributed by atoms with Gasteiger partial charge in [-0.2, -0.15) is 0 Å². The Morgan fingerprint density at radius 2 is 0.872 bits per heavy atom. The summed E-state index contributed by atoms with van der Waals surface area (Å²) in [5.41, 5.74) is 9.63. The first-order chi connectivity index (χ1) is 19.3. The van der Waals surface area contributed by atoms with E-state index in [2.05, 4.69) is 165 Å². The van der Waals surface area contributed by atoms with Crippen molar-refractivity contribution in [2.24, 2.45) is 0 Å². The molecule has 6 aromatic carbocycles. The van der Waals surface area contributed by atoms with Crippen LogP contribution in [0, 0.1) is 0 Å². The van der Waals surface area contributed by atoms with E-state index in [-0.39, 0.29) is 0 Å². The zero-order chi connectivity index (χ0) is 25.9. The molecule has 0 atom stereocenters. The minimum atomic E-state index is 1.08. The Balaban J connectivity index is 1.37. The maximum absolute atomic E-state index is 3.59. The molecule has 0 aliphatic carbocycles. The fraction of sp³-hybridized carbons (Fsp3) is 0. The number of nitrogens with zero attached hydrogens (tertiary/aromatic N) is 2. The minimum absolute atomic E-state index is 1.08. The van der Waals surface area contributed by atoms with Gasteiger partial charge in [-0.15, -0.1) is 0 Å². The van der Waals surface area contributed by atoms with Crippen LogP contribution in [0.15, 0.2) is 144 Å². The number of aromatic nitrogens is 2. The average molecular weight is 563 g/mol. The van der Waals surface area contributed by atoms with Gasteiger partial charge in [-0.3, -0.25) is 0 Å². The van der Waals surface area contributed by atoms with Crippen molar-refractivity contribution in [3.05, 3.63) is 144 Å². The van der Waals surface area contributed by atoms with E-state index >= 15 is 0 Å². The third-order valence-corrected chi connectivity index (χ3v) is 8.31. The molecule has 2 nitrogen and oxygen atoms in total. The van der Waals surface area contributed by atoms with Crippen molar-refractivity contribution in [2.45, 2.75) is 0 Å². The van der Waals surface area contributed by atoms with Crippen molar-refractivity contribution >= 4 is 59.5 Å². The van der Waals surface area contributed by atoms with Gasteiger partial charge in [0, 0.05) is 37.4 Å². The lowest BCUT2D eigenvalue weighted by atomic mass is 10.0. The fourth-order valence-corrected chi connectivity index (χ4v) is 6.29. The number of fused-ring (bicyclic) bond motifs is 6. The van der Waals surface area contributed by atoms with Crippen molar-refractivity contribution in [1.82, 2.24) is 9.13 Å². The van der Waals surface area contributed by atoms with Crippen LogP contribution < -0.4 is 0 Å². The van der Waals surface area contributed by atoms with Gasteiger partial charge in [0.2, 0.25) is 0 Å². The molecule has 0 saturated carbocycles. The van der Waals surface area contributed by atoms with Crippen LogP contribution >= 0.6 is 15.9 Å². The predicted molar refractivity (Wildman–Crippen MR) is 168 cm³/mol. The second kappa shape index (κ2) is 8.72. The second-order valence-electron chi connectivity index (χ2n) is 9.98. The lowest BCUT2D eigenvalue weighted by Gasteiger charge is -2.10. The van der Waals surface area contributed by atoms with Gasteiger partial charge in [-0.05, 0) is 77.9 Å². The van der Waals surface area contributed by atoms with Crippen LogP contribution in [0.5, 0.6) is 0 Å². The Kier molecular flexibility index (Phi) is 5.01. The largest absolute Gasteiger partial charge is 0.309 e. The van der Waals surface area contributed by atoms with Crippen molar-refractivity contribution < 1.29 is 0 Å². The number of hydrogen-bond donors (Lipinski definition) is 0. The summed E-state index contributed by atoms with van der Waals surface area (Å²) >= 11 is 3.59. The highest BCUT2D eigenvalue weighted by atomic mass is 79.9. The molecular formula is C36H23BrN2. The number of para-hydroxylation sites is 3. The average Bonchev–Trinajstić information content (AvgIpc) is 3.50. The first kappa shape index (κ1) is 22.4. The maximum Gasteiger partial charge on any atom is 0.0547 e. The van der Waals surface area contributed by atoms with Gasteiger partial charge in [-0.1, -0.05) is 88.7 Å². The highest BCUT2D eigenvalue weighted by Gasteiger charge is 2.15. The number of rotatable bonds is 3. The molecule has 0 aliphatic rings. The molecule has 8 aromatic rings. The summed E-state index contributed by atoms with van der Waals surface area (Å²) in [7, 11) is 0. The molecule has 0 spiro atoms. The second-order valence-corrected chi connectivity index (χ2v) is 10.9. The Bertz CT molecular complexity index is 2170. The third kappa shape index (κ3) is 3.47. The van der Waals surface area contributed by atoms with Crippen molar-refractivity contribution in [3.8, 4) is 22.5 Å². The summed E-state index contributed by atoms with van der Waals surface area (Å²) in [6, 6.07) is 50.3. The zero-order valence-electron chi connectivity index (χ0n) is 21.1. The van der Waals surface area contributed by atoms with E-state index < -0.39 is 0 Å². The van der Waals surface area contributed by atoms with E-state index in [4.69, 9.17) is 0 Å². The summed E-state index contributed by atoms with van der Waals surface area (Å²) in [4.78, 5) is 0. The highest BCUT2D eigenvalue weighted by molar-refractivity contribution is 9.10. The first-order valence-electron chi connectivity index (χ1n) is 13.1. The van der Waals surface area contributed by atoms with E-state index in [1.807, 2.05) is 0 Å². The van der Waals surface area contributed by atoms with Crippen LogP contribution in [0.25, 0.3) is 66.1 Å². The Morgan fingerprint density at radius 3 is 1.62 bits per heavy atom. The van der Waals surface area contributed by atoms with Crippen LogP contribution in [-0.2, 0) is 0 Å². The SMILES string of the molecule is Brc1ccc(-n2c3ccccc3c3ccc(-c4ccc5c(c4)c4ccccc4n5-c4ccccc4)cc32)cc1. The molecule has 0 N–H and O–H groups in total. The molecule has 0 bridgehead atoms. The monoisotopic (exact) mass is 562 g/mol. The van der Waals surface area contributed by atoms with Crippen molar-refractivity contribution in [3.63, 3.8) is 0 Å². The molecule has 3 heteroatoms. The van der Waals surface area contributed by atoms with Gasteiger partial charge in [-0.25, -0.2) is 0 Å². The summed E-state index contributed by atoms with van der Waals surface area (Å²) in [6.07, 6.45) is 0. The van der Waals surface area contributed by atoms with Crippen LogP contribution in [0.2, 0.25) is 0 Å². The molecular weight excluding hydrogens is 540 g/mol. The molecule has 0 unspecified atom stereocenters. The predicted octanol–water partition coefficient (Wildman–Crippen LogP) is 10.3. The molecule has 0 saturated heterocycles. The molecule has 8 rings (SSSR count). The van der Waals surface area contributed by atoms with Crippen molar-refractivity contribution in [1.29, 1.82) is 0 Å².